The van der Waals surface area contributed by atoms with Crippen molar-refractivity contribution >= 4 is 22.6 Å². The van der Waals surface area contributed by atoms with Gasteiger partial charge in [0.1, 0.15) is 5.92 Å². The van der Waals surface area contributed by atoms with Crippen molar-refractivity contribution in [1.82, 2.24) is 5.32 Å². The molecule has 0 saturated heterocycles. The molecular formula is C21H19NO3. The van der Waals surface area contributed by atoms with E-state index in [0.29, 0.717) is 6.54 Å². The van der Waals surface area contributed by atoms with Crippen LogP contribution in [0.5, 0.6) is 0 Å². The fourth-order valence-electron chi connectivity index (χ4n) is 2.89. The minimum Gasteiger partial charge on any atom is -0.481 e. The summed E-state index contributed by atoms with van der Waals surface area (Å²) in [5.41, 5.74) is 1.80. The van der Waals surface area contributed by atoms with Crippen LogP contribution in [0.15, 0.2) is 72.8 Å². The highest BCUT2D eigenvalue weighted by Crippen LogP contribution is 2.18. The molecule has 1 atom stereocenters. The number of fused-ring (bicyclic) bond motifs is 1. The van der Waals surface area contributed by atoms with Crippen LogP contribution in [0.4, 0.5) is 0 Å². The molecule has 3 aromatic rings. The standard InChI is InChI=1S/C21H19NO3/c23-20(19(21(24)25)13-15-7-2-1-3-8-15)22-14-17-11-6-10-16-9-4-5-12-18(16)17/h1-12,19H,13-14H2,(H,22,23)(H,24,25). The Morgan fingerprint density at radius 1 is 0.880 bits per heavy atom. The van der Waals surface area contributed by atoms with E-state index in [1.165, 1.54) is 0 Å². The highest BCUT2D eigenvalue weighted by atomic mass is 16.4. The van der Waals surface area contributed by atoms with Gasteiger partial charge < -0.3 is 10.4 Å². The van der Waals surface area contributed by atoms with Crippen LogP contribution in [0.1, 0.15) is 11.1 Å². The predicted octanol–water partition coefficient (Wildman–Crippen LogP) is 3.40. The lowest BCUT2D eigenvalue weighted by molar-refractivity contribution is -0.147. The number of benzene rings is 3. The summed E-state index contributed by atoms with van der Waals surface area (Å²) in [7, 11) is 0. The topological polar surface area (TPSA) is 66.4 Å². The molecule has 0 aliphatic heterocycles. The monoisotopic (exact) mass is 333 g/mol. The maximum Gasteiger partial charge on any atom is 0.316 e. The van der Waals surface area contributed by atoms with Crippen molar-refractivity contribution in [3.8, 4) is 0 Å². The third-order valence-electron chi connectivity index (χ3n) is 4.23. The van der Waals surface area contributed by atoms with E-state index in [4.69, 9.17) is 0 Å². The van der Waals surface area contributed by atoms with E-state index in [9.17, 15) is 14.7 Å². The van der Waals surface area contributed by atoms with Crippen LogP contribution in [-0.4, -0.2) is 17.0 Å². The third-order valence-corrected chi connectivity index (χ3v) is 4.23. The van der Waals surface area contributed by atoms with E-state index < -0.39 is 17.8 Å². The Kier molecular flexibility index (Phi) is 5.09. The number of hydrogen-bond donors (Lipinski definition) is 2. The number of carboxylic acids is 1. The first-order valence-electron chi connectivity index (χ1n) is 8.16. The zero-order valence-corrected chi connectivity index (χ0v) is 13.7. The molecule has 3 aromatic carbocycles. The van der Waals surface area contributed by atoms with Crippen molar-refractivity contribution in [2.75, 3.05) is 0 Å². The van der Waals surface area contributed by atoms with Gasteiger partial charge in [-0.3, -0.25) is 9.59 Å². The maximum absolute atomic E-state index is 12.4. The van der Waals surface area contributed by atoms with Crippen LogP contribution in [0, 0.1) is 5.92 Å². The van der Waals surface area contributed by atoms with E-state index in [2.05, 4.69) is 5.32 Å². The molecule has 126 valence electrons. The summed E-state index contributed by atoms with van der Waals surface area (Å²) in [6, 6.07) is 23.0. The molecule has 0 aromatic heterocycles. The Bertz CT molecular complexity index is 885. The highest BCUT2D eigenvalue weighted by molar-refractivity contribution is 5.97. The Morgan fingerprint density at radius 2 is 1.56 bits per heavy atom. The van der Waals surface area contributed by atoms with E-state index in [1.54, 1.807) is 0 Å². The summed E-state index contributed by atoms with van der Waals surface area (Å²) < 4.78 is 0. The van der Waals surface area contributed by atoms with Gasteiger partial charge >= 0.3 is 5.97 Å². The predicted molar refractivity (Wildman–Crippen MR) is 97.1 cm³/mol. The second kappa shape index (κ2) is 7.62. The van der Waals surface area contributed by atoms with Crippen molar-refractivity contribution < 1.29 is 14.7 Å². The molecule has 0 fully saturated rings. The molecule has 0 aliphatic carbocycles. The second-order valence-electron chi connectivity index (χ2n) is 5.94. The molecule has 1 unspecified atom stereocenters. The number of amides is 1. The van der Waals surface area contributed by atoms with Gasteiger partial charge in [-0.1, -0.05) is 72.8 Å². The lowest BCUT2D eigenvalue weighted by atomic mass is 9.98. The van der Waals surface area contributed by atoms with Crippen LogP contribution in [0.2, 0.25) is 0 Å². The molecule has 0 spiro atoms. The molecule has 3 rings (SSSR count). The van der Waals surface area contributed by atoms with Gasteiger partial charge in [0.2, 0.25) is 5.91 Å². The van der Waals surface area contributed by atoms with E-state index in [0.717, 1.165) is 21.9 Å². The number of carbonyl (C=O) groups excluding carboxylic acids is 1. The Balaban J connectivity index is 1.72. The molecule has 0 aliphatic rings. The summed E-state index contributed by atoms with van der Waals surface area (Å²) in [4.78, 5) is 23.9. The first-order valence-corrected chi connectivity index (χ1v) is 8.16. The minimum absolute atomic E-state index is 0.178. The fraction of sp³-hybridized carbons (Fsp3) is 0.143. The van der Waals surface area contributed by atoms with Crippen LogP contribution in [-0.2, 0) is 22.6 Å². The number of carbonyl (C=O) groups is 2. The lowest BCUT2D eigenvalue weighted by Crippen LogP contribution is -2.36. The van der Waals surface area contributed by atoms with Crippen molar-refractivity contribution in [1.29, 1.82) is 0 Å². The number of nitrogens with one attached hydrogen (secondary N) is 1. The second-order valence-corrected chi connectivity index (χ2v) is 5.94. The summed E-state index contributed by atoms with van der Waals surface area (Å²) in [5, 5.41) is 14.3. The first kappa shape index (κ1) is 16.7. The number of carboxylic acid groups (broad SMARTS) is 1. The molecular weight excluding hydrogens is 314 g/mol. The van der Waals surface area contributed by atoms with Crippen LogP contribution in [0.3, 0.4) is 0 Å². The maximum atomic E-state index is 12.4. The number of hydrogen-bond acceptors (Lipinski definition) is 2. The molecule has 1 amide bonds. The summed E-state index contributed by atoms with van der Waals surface area (Å²) in [6.45, 7) is 0.304. The average molecular weight is 333 g/mol. The van der Waals surface area contributed by atoms with Crippen molar-refractivity contribution in [3.05, 3.63) is 83.9 Å². The molecule has 0 bridgehead atoms. The van der Waals surface area contributed by atoms with Gasteiger partial charge in [-0.05, 0) is 28.3 Å². The fourth-order valence-corrected chi connectivity index (χ4v) is 2.89. The number of rotatable bonds is 6. The molecule has 4 heteroatoms. The normalized spacial score (nSPS) is 11.8. The van der Waals surface area contributed by atoms with Gasteiger partial charge in [-0.25, -0.2) is 0 Å². The lowest BCUT2D eigenvalue weighted by Gasteiger charge is -2.14. The zero-order chi connectivity index (χ0) is 17.6. The van der Waals surface area contributed by atoms with Gasteiger partial charge in [-0.15, -0.1) is 0 Å². The molecule has 2 N–H and O–H groups in total. The first-order chi connectivity index (χ1) is 12.1. The summed E-state index contributed by atoms with van der Waals surface area (Å²) in [5.74, 6) is -2.68. The van der Waals surface area contributed by atoms with E-state index in [1.807, 2.05) is 72.8 Å². The Hall–Kier alpha value is -3.14. The smallest absolute Gasteiger partial charge is 0.316 e. The van der Waals surface area contributed by atoms with Crippen molar-refractivity contribution in [3.63, 3.8) is 0 Å². The molecule has 0 saturated carbocycles. The molecule has 25 heavy (non-hydrogen) atoms. The minimum atomic E-state index is -1.11. The van der Waals surface area contributed by atoms with Gasteiger partial charge in [0, 0.05) is 6.54 Å². The van der Waals surface area contributed by atoms with Gasteiger partial charge in [0.05, 0.1) is 0 Å². The molecule has 4 nitrogen and oxygen atoms in total. The average Bonchev–Trinajstić information content (AvgIpc) is 2.64. The summed E-state index contributed by atoms with van der Waals surface area (Å²) in [6.07, 6.45) is 0.178. The zero-order valence-electron chi connectivity index (χ0n) is 13.7. The highest BCUT2D eigenvalue weighted by Gasteiger charge is 2.26. The van der Waals surface area contributed by atoms with Gasteiger partial charge in [0.15, 0.2) is 0 Å². The van der Waals surface area contributed by atoms with Crippen molar-refractivity contribution in [2.24, 2.45) is 5.92 Å². The molecule has 0 radical (unpaired) electrons. The SMILES string of the molecule is O=C(O)C(Cc1ccccc1)C(=O)NCc1cccc2ccccc12. The Morgan fingerprint density at radius 3 is 2.32 bits per heavy atom. The van der Waals surface area contributed by atoms with Gasteiger partial charge in [0.25, 0.3) is 0 Å². The Labute approximate surface area is 146 Å². The summed E-state index contributed by atoms with van der Waals surface area (Å²) >= 11 is 0. The van der Waals surface area contributed by atoms with Crippen molar-refractivity contribution in [2.45, 2.75) is 13.0 Å². The van der Waals surface area contributed by atoms with E-state index >= 15 is 0 Å². The van der Waals surface area contributed by atoms with Crippen LogP contribution >= 0.6 is 0 Å². The largest absolute Gasteiger partial charge is 0.481 e. The number of aliphatic carboxylic acids is 1. The van der Waals surface area contributed by atoms with E-state index in [-0.39, 0.29) is 6.42 Å². The van der Waals surface area contributed by atoms with Crippen LogP contribution in [0.25, 0.3) is 10.8 Å². The van der Waals surface area contributed by atoms with Crippen LogP contribution < -0.4 is 5.32 Å². The third kappa shape index (κ3) is 4.04. The van der Waals surface area contributed by atoms with Gasteiger partial charge in [-0.2, -0.15) is 0 Å². The quantitative estimate of drug-likeness (QED) is 0.680. The molecule has 0 heterocycles.